The van der Waals surface area contributed by atoms with Crippen molar-refractivity contribution in [1.82, 2.24) is 24.5 Å². The summed E-state index contributed by atoms with van der Waals surface area (Å²) in [5.74, 6) is 0.222. The van der Waals surface area contributed by atoms with Gasteiger partial charge >= 0.3 is 0 Å². The van der Waals surface area contributed by atoms with E-state index in [-0.39, 0.29) is 5.91 Å². The maximum absolute atomic E-state index is 12.2. The number of aromatic nitrogens is 2. The molecule has 1 fully saturated rings. The van der Waals surface area contributed by atoms with Gasteiger partial charge in [-0.3, -0.25) is 14.4 Å². The molecule has 6 heteroatoms. The van der Waals surface area contributed by atoms with Crippen LogP contribution in [0.2, 0.25) is 0 Å². The maximum Gasteiger partial charge on any atom is 0.236 e. The van der Waals surface area contributed by atoms with Crippen molar-refractivity contribution in [1.29, 1.82) is 0 Å². The molecule has 1 aliphatic rings. The smallest absolute Gasteiger partial charge is 0.236 e. The van der Waals surface area contributed by atoms with Crippen LogP contribution in [0.3, 0.4) is 0 Å². The molecule has 0 aromatic carbocycles. The van der Waals surface area contributed by atoms with Crippen LogP contribution in [0.5, 0.6) is 0 Å². The van der Waals surface area contributed by atoms with Gasteiger partial charge in [-0.05, 0) is 39.0 Å². The van der Waals surface area contributed by atoms with Crippen molar-refractivity contribution in [3.8, 4) is 0 Å². The van der Waals surface area contributed by atoms with Crippen LogP contribution in [0.4, 0.5) is 0 Å². The van der Waals surface area contributed by atoms with Crippen LogP contribution in [-0.2, 0) is 11.3 Å². The second-order valence-electron chi connectivity index (χ2n) is 5.87. The van der Waals surface area contributed by atoms with Crippen LogP contribution in [-0.4, -0.2) is 83.8 Å². The standard InChI is InChI=1S/C15H27N5O/c1-17-7-4-9-19(13-12-17)14-15(21)18(2)8-5-11-20-10-3-6-16-20/h3,6,10H,4-5,7-9,11-14H2,1-2H3. The molecular formula is C15H27N5O. The van der Waals surface area contributed by atoms with Gasteiger partial charge in [-0.25, -0.2) is 0 Å². The normalized spacial score (nSPS) is 17.6. The number of aryl methyl sites for hydroxylation is 1. The first-order valence-corrected chi connectivity index (χ1v) is 7.77. The van der Waals surface area contributed by atoms with E-state index in [0.717, 1.165) is 52.1 Å². The monoisotopic (exact) mass is 293 g/mol. The fourth-order valence-corrected chi connectivity index (χ4v) is 2.60. The van der Waals surface area contributed by atoms with Crippen molar-refractivity contribution >= 4 is 5.91 Å². The van der Waals surface area contributed by atoms with E-state index in [0.29, 0.717) is 6.54 Å². The third-order valence-corrected chi connectivity index (χ3v) is 4.04. The summed E-state index contributed by atoms with van der Waals surface area (Å²) in [5.41, 5.74) is 0. The molecule has 0 aliphatic carbocycles. The Morgan fingerprint density at radius 1 is 1.29 bits per heavy atom. The van der Waals surface area contributed by atoms with Crippen molar-refractivity contribution in [3.63, 3.8) is 0 Å². The van der Waals surface area contributed by atoms with Gasteiger partial charge in [0.15, 0.2) is 0 Å². The lowest BCUT2D eigenvalue weighted by molar-refractivity contribution is -0.131. The quantitative estimate of drug-likeness (QED) is 0.760. The predicted octanol–water partition coefficient (Wildman–Crippen LogP) is 0.369. The van der Waals surface area contributed by atoms with Gasteiger partial charge in [0.25, 0.3) is 0 Å². The van der Waals surface area contributed by atoms with Crippen LogP contribution in [0.15, 0.2) is 18.5 Å². The Morgan fingerprint density at radius 3 is 2.90 bits per heavy atom. The number of nitrogens with zero attached hydrogens (tertiary/aromatic N) is 5. The lowest BCUT2D eigenvalue weighted by Gasteiger charge is -2.23. The van der Waals surface area contributed by atoms with Crippen molar-refractivity contribution < 1.29 is 4.79 Å². The van der Waals surface area contributed by atoms with Crippen molar-refractivity contribution in [2.45, 2.75) is 19.4 Å². The van der Waals surface area contributed by atoms with Gasteiger partial charge in [-0.1, -0.05) is 0 Å². The zero-order valence-electron chi connectivity index (χ0n) is 13.2. The van der Waals surface area contributed by atoms with Crippen molar-refractivity contribution in [2.24, 2.45) is 0 Å². The molecule has 1 aliphatic heterocycles. The Bertz CT molecular complexity index is 420. The van der Waals surface area contributed by atoms with E-state index < -0.39 is 0 Å². The highest BCUT2D eigenvalue weighted by Gasteiger charge is 2.17. The summed E-state index contributed by atoms with van der Waals surface area (Å²) < 4.78 is 1.91. The summed E-state index contributed by atoms with van der Waals surface area (Å²) in [6.45, 7) is 6.39. The van der Waals surface area contributed by atoms with Gasteiger partial charge in [-0.15, -0.1) is 0 Å². The minimum Gasteiger partial charge on any atom is -0.345 e. The van der Waals surface area contributed by atoms with E-state index in [9.17, 15) is 4.79 Å². The van der Waals surface area contributed by atoms with E-state index in [2.05, 4.69) is 21.9 Å². The zero-order chi connectivity index (χ0) is 15.1. The molecular weight excluding hydrogens is 266 g/mol. The molecule has 2 heterocycles. The number of carbonyl (C=O) groups excluding carboxylic acids is 1. The van der Waals surface area contributed by atoms with Gasteiger partial charge in [0.2, 0.25) is 5.91 Å². The molecule has 1 aromatic rings. The molecule has 0 bridgehead atoms. The van der Waals surface area contributed by atoms with E-state index >= 15 is 0 Å². The second-order valence-corrected chi connectivity index (χ2v) is 5.87. The van der Waals surface area contributed by atoms with Gasteiger partial charge in [-0.2, -0.15) is 5.10 Å². The highest BCUT2D eigenvalue weighted by atomic mass is 16.2. The molecule has 0 spiro atoms. The average Bonchev–Trinajstić information content (AvgIpc) is 2.89. The Hall–Kier alpha value is -1.40. The van der Waals surface area contributed by atoms with E-state index in [4.69, 9.17) is 0 Å². The van der Waals surface area contributed by atoms with Crippen LogP contribution >= 0.6 is 0 Å². The van der Waals surface area contributed by atoms with Gasteiger partial charge in [0.1, 0.15) is 0 Å². The molecule has 0 atom stereocenters. The number of rotatable bonds is 6. The van der Waals surface area contributed by atoms with Gasteiger partial charge in [0, 0.05) is 45.6 Å². The molecule has 0 unspecified atom stereocenters. The highest BCUT2D eigenvalue weighted by molar-refractivity contribution is 5.77. The first-order valence-electron chi connectivity index (χ1n) is 7.77. The van der Waals surface area contributed by atoms with Crippen LogP contribution in [0, 0.1) is 0 Å². The Kier molecular flexibility index (Phi) is 6.20. The minimum absolute atomic E-state index is 0.222. The molecule has 6 nitrogen and oxygen atoms in total. The predicted molar refractivity (Wildman–Crippen MR) is 83.0 cm³/mol. The highest BCUT2D eigenvalue weighted by Crippen LogP contribution is 2.02. The summed E-state index contributed by atoms with van der Waals surface area (Å²) in [4.78, 5) is 18.7. The SMILES string of the molecule is CN1CCCN(CC(=O)N(C)CCCn2cccn2)CC1. The number of amides is 1. The van der Waals surface area contributed by atoms with Crippen molar-refractivity contribution in [2.75, 3.05) is 53.4 Å². The van der Waals surface area contributed by atoms with Gasteiger partial charge < -0.3 is 9.80 Å². The largest absolute Gasteiger partial charge is 0.345 e. The summed E-state index contributed by atoms with van der Waals surface area (Å²) in [7, 11) is 4.04. The maximum atomic E-state index is 12.2. The average molecular weight is 293 g/mol. The summed E-state index contributed by atoms with van der Waals surface area (Å²) in [6, 6.07) is 1.92. The minimum atomic E-state index is 0.222. The topological polar surface area (TPSA) is 44.6 Å². The molecule has 1 saturated heterocycles. The lowest BCUT2D eigenvalue weighted by atomic mass is 10.3. The molecule has 0 saturated carbocycles. The molecule has 1 aromatic heterocycles. The summed E-state index contributed by atoms with van der Waals surface area (Å²) in [5, 5.41) is 4.17. The Morgan fingerprint density at radius 2 is 2.14 bits per heavy atom. The first kappa shape index (κ1) is 16.0. The van der Waals surface area contributed by atoms with Crippen LogP contribution in [0.25, 0.3) is 0 Å². The fraction of sp³-hybridized carbons (Fsp3) is 0.733. The second kappa shape index (κ2) is 8.14. The Labute approximate surface area is 127 Å². The molecule has 0 N–H and O–H groups in total. The summed E-state index contributed by atoms with van der Waals surface area (Å²) in [6.07, 6.45) is 5.82. The number of likely N-dealkylation sites (N-methyl/N-ethyl adjacent to an activating group) is 2. The van der Waals surface area contributed by atoms with E-state index in [1.807, 2.05) is 28.9 Å². The number of carbonyl (C=O) groups is 1. The third-order valence-electron chi connectivity index (χ3n) is 4.04. The molecule has 1 amide bonds. The van der Waals surface area contributed by atoms with Crippen molar-refractivity contribution in [3.05, 3.63) is 18.5 Å². The number of hydrogen-bond acceptors (Lipinski definition) is 4. The molecule has 118 valence electrons. The zero-order valence-corrected chi connectivity index (χ0v) is 13.2. The van der Waals surface area contributed by atoms with E-state index in [1.165, 1.54) is 0 Å². The molecule has 2 rings (SSSR count). The van der Waals surface area contributed by atoms with Crippen LogP contribution in [0.1, 0.15) is 12.8 Å². The number of hydrogen-bond donors (Lipinski definition) is 0. The van der Waals surface area contributed by atoms with Gasteiger partial charge in [0.05, 0.1) is 6.54 Å². The molecule has 21 heavy (non-hydrogen) atoms. The fourth-order valence-electron chi connectivity index (χ4n) is 2.60. The van der Waals surface area contributed by atoms with E-state index in [1.54, 1.807) is 6.20 Å². The lowest BCUT2D eigenvalue weighted by Crippen LogP contribution is -2.40. The molecule has 0 radical (unpaired) electrons. The van der Waals surface area contributed by atoms with Crippen LogP contribution < -0.4 is 0 Å². The Balaban J connectivity index is 1.66. The summed E-state index contributed by atoms with van der Waals surface area (Å²) >= 11 is 0. The third kappa shape index (κ3) is 5.47. The first-order chi connectivity index (χ1) is 10.1.